The number of ether oxygens (including phenoxy) is 5. The lowest BCUT2D eigenvalue weighted by Gasteiger charge is -2.41. The molecule has 3 aliphatic heterocycles. The number of aliphatic hydroxyl groups excluding tert-OH is 7. The van der Waals surface area contributed by atoms with Gasteiger partial charge < -0.3 is 89.8 Å². The second-order valence-electron chi connectivity index (χ2n) is 11.5. The van der Waals surface area contributed by atoms with Crippen molar-refractivity contribution in [2.24, 2.45) is 0 Å². The minimum absolute atomic E-state index is 0.0772. The lowest BCUT2D eigenvalue weighted by Crippen LogP contribution is -2.59. The molecule has 2 aromatic carbocycles. The smallest absolute Gasteiger partial charge is 0.311 e. The van der Waals surface area contributed by atoms with Gasteiger partial charge in [-0.15, -0.1) is 0 Å². The molecule has 3 aliphatic rings. The van der Waals surface area contributed by atoms with Crippen molar-refractivity contribution in [2.75, 3.05) is 13.2 Å². The molecule has 11 atom stereocenters. The number of carbonyl (C=O) groups is 2. The van der Waals surface area contributed by atoms with Crippen LogP contribution in [0.25, 0.3) is 6.08 Å². The molecule has 268 valence electrons. The highest BCUT2D eigenvalue weighted by atomic mass is 16.7. The Bertz CT molecular complexity index is 1590. The molecule has 1 unspecified atom stereocenters. The SMILES string of the molecule is O=C([O-])CC(=O)OC[C@@H]1O[C@@H](OC2=Cc3c(O)cc(O)c([C@@H]4O[C@@H](CO)[C@@H](O)[C@H](O)[C@H]4O)c3[OH+]C2c2ccc(O)c(O)c2)[C@H](O)[C@@H](O)[C@@H]1O. The van der Waals surface area contributed by atoms with E-state index >= 15 is 0 Å². The molecule has 19 heteroatoms. The summed E-state index contributed by atoms with van der Waals surface area (Å²) in [5, 5.41) is 126. The van der Waals surface area contributed by atoms with E-state index in [2.05, 4.69) is 4.74 Å². The Labute approximate surface area is 275 Å². The molecule has 0 amide bonds. The Balaban J connectivity index is 1.55. The van der Waals surface area contributed by atoms with Gasteiger partial charge in [-0.05, 0) is 18.2 Å². The molecule has 2 fully saturated rings. The van der Waals surface area contributed by atoms with E-state index in [1.54, 1.807) is 0 Å². The third-order valence-corrected chi connectivity index (χ3v) is 8.26. The first-order chi connectivity index (χ1) is 23.1. The minimum Gasteiger partial charge on any atom is -0.571 e. The zero-order valence-corrected chi connectivity index (χ0v) is 25.1. The fourth-order valence-electron chi connectivity index (χ4n) is 5.67. The summed E-state index contributed by atoms with van der Waals surface area (Å²) in [5.41, 5.74) is -0.426. The molecule has 19 nitrogen and oxygen atoms in total. The molecule has 2 saturated heterocycles. The van der Waals surface area contributed by atoms with Crippen LogP contribution in [0.3, 0.4) is 0 Å². The number of carboxylic acid groups (broad SMARTS) is 1. The number of aliphatic hydroxyl groups is 8. The number of carboxylic acids is 1. The van der Waals surface area contributed by atoms with Crippen LogP contribution in [0.1, 0.15) is 35.3 Å². The Kier molecular flexibility index (Phi) is 10.4. The van der Waals surface area contributed by atoms with Crippen LogP contribution < -0.4 is 5.11 Å². The van der Waals surface area contributed by atoms with E-state index in [4.69, 9.17) is 18.9 Å². The maximum absolute atomic E-state index is 11.7. The van der Waals surface area contributed by atoms with Crippen LogP contribution in [0.4, 0.5) is 0 Å². The van der Waals surface area contributed by atoms with Gasteiger partial charge in [-0.25, -0.2) is 0 Å². The van der Waals surface area contributed by atoms with E-state index in [9.17, 15) is 70.9 Å². The molecule has 0 radical (unpaired) electrons. The number of carbonyl (C=O) groups excluding carboxylic acids is 2. The van der Waals surface area contributed by atoms with Crippen LogP contribution in [0.5, 0.6) is 28.7 Å². The zero-order valence-electron chi connectivity index (χ0n) is 25.1. The fourth-order valence-corrected chi connectivity index (χ4v) is 5.67. The summed E-state index contributed by atoms with van der Waals surface area (Å²) in [4.78, 5) is 22.4. The molecule has 0 aromatic heterocycles. The molecule has 3 heterocycles. The predicted molar refractivity (Wildman–Crippen MR) is 153 cm³/mol. The van der Waals surface area contributed by atoms with Gasteiger partial charge in [-0.2, -0.15) is 0 Å². The van der Waals surface area contributed by atoms with Crippen molar-refractivity contribution in [3.63, 3.8) is 0 Å². The van der Waals surface area contributed by atoms with Crippen LogP contribution in [0.2, 0.25) is 0 Å². The summed E-state index contributed by atoms with van der Waals surface area (Å²) in [6, 6.07) is 4.29. The van der Waals surface area contributed by atoms with Gasteiger partial charge in [0.2, 0.25) is 6.29 Å². The highest BCUT2D eigenvalue weighted by Crippen LogP contribution is 2.52. The van der Waals surface area contributed by atoms with Gasteiger partial charge in [0.05, 0.1) is 24.6 Å². The number of aromatic hydroxyl groups is 5. The third-order valence-electron chi connectivity index (χ3n) is 8.26. The molecule has 49 heavy (non-hydrogen) atoms. The normalized spacial score (nSPS) is 32.7. The molecular weight excluding hydrogens is 664 g/mol. The number of aliphatic carboxylic acids is 1. The second kappa shape index (κ2) is 14.2. The Hall–Kier alpha value is -4.44. The van der Waals surface area contributed by atoms with Crippen molar-refractivity contribution >= 4 is 18.0 Å². The van der Waals surface area contributed by atoms with Gasteiger partial charge in [-0.3, -0.25) is 4.79 Å². The number of phenols is 4. The monoisotopic (exact) mass is 698 g/mol. The summed E-state index contributed by atoms with van der Waals surface area (Å²) in [5.74, 6) is -5.97. The van der Waals surface area contributed by atoms with E-state index in [0.717, 1.165) is 24.3 Å². The van der Waals surface area contributed by atoms with E-state index in [0.29, 0.717) is 0 Å². The quantitative estimate of drug-likeness (QED) is 0.0512. The first-order valence-corrected chi connectivity index (χ1v) is 14.7. The Morgan fingerprint density at radius 1 is 0.796 bits per heavy atom. The minimum atomic E-state index is -1.97. The van der Waals surface area contributed by atoms with Crippen molar-refractivity contribution in [1.82, 2.24) is 0 Å². The Morgan fingerprint density at radius 2 is 1.47 bits per heavy atom. The largest absolute Gasteiger partial charge is 0.571 e. The molecule has 0 bridgehead atoms. The summed E-state index contributed by atoms with van der Waals surface area (Å²) in [6.45, 7) is -1.59. The number of fused-ring (bicyclic) bond motifs is 1. The molecule has 0 aliphatic carbocycles. The molecule has 2 aromatic rings. The average Bonchev–Trinajstić information content (AvgIpc) is 3.05. The van der Waals surface area contributed by atoms with Crippen molar-refractivity contribution in [3.05, 3.63) is 46.7 Å². The highest BCUT2D eigenvalue weighted by molar-refractivity contribution is 5.89. The number of benzene rings is 2. The van der Waals surface area contributed by atoms with Crippen molar-refractivity contribution in [3.8, 4) is 28.7 Å². The average molecular weight is 699 g/mol. The maximum atomic E-state index is 11.7. The van der Waals surface area contributed by atoms with E-state index in [1.807, 2.05) is 0 Å². The van der Waals surface area contributed by atoms with E-state index < -0.39 is 122 Å². The zero-order chi connectivity index (χ0) is 35.9. The lowest BCUT2D eigenvalue weighted by molar-refractivity contribution is -0.306. The highest BCUT2D eigenvalue weighted by Gasteiger charge is 2.50. The molecule has 0 saturated carbocycles. The lowest BCUT2D eigenvalue weighted by atomic mass is 9.88. The topological polar surface area (TPSA) is 329 Å². The van der Waals surface area contributed by atoms with Crippen LogP contribution in [-0.2, 0) is 28.5 Å². The predicted octanol–water partition coefficient (Wildman–Crippen LogP) is -4.13. The molecule has 5 rings (SSSR count). The standard InChI is InChI=1S/C30H34O19/c31-7-16-21(39)23(41)25(43)29(46-16)20-14(35)5-12(33)10-4-15(27(49-28(10)20)9-1-2-11(32)13(34)3-9)47-30-26(44)24(42)22(40)17(48-30)8-45-19(38)6-18(36)37/h1-5,16-17,21-27,29-35,39-44H,6-8H2,(H,36,37)/t16-,17-,21+,22+,23-,24-,25+,26+,27?,29-,30+/m0/s1. The van der Waals surface area contributed by atoms with Gasteiger partial charge in [0.1, 0.15) is 84.2 Å². The maximum Gasteiger partial charge on any atom is 0.311 e. The molecular formula is C30H34O19. The van der Waals surface area contributed by atoms with Gasteiger partial charge in [-0.1, -0.05) is 0 Å². The van der Waals surface area contributed by atoms with Crippen molar-refractivity contribution in [2.45, 2.75) is 73.8 Å². The fraction of sp³-hybridized carbons (Fsp3) is 0.467. The van der Waals surface area contributed by atoms with Crippen LogP contribution in [0.15, 0.2) is 30.0 Å². The first-order valence-electron chi connectivity index (χ1n) is 14.7. The number of phenolic OH excluding ortho intramolecular Hbond substituents is 4. The number of hydrogen-bond acceptors (Lipinski definition) is 18. The molecule has 0 spiro atoms. The van der Waals surface area contributed by atoms with Crippen molar-refractivity contribution in [1.29, 1.82) is 0 Å². The van der Waals surface area contributed by atoms with Crippen LogP contribution in [-0.4, -0.2) is 141 Å². The van der Waals surface area contributed by atoms with Gasteiger partial charge in [0, 0.05) is 12.1 Å². The van der Waals surface area contributed by atoms with Gasteiger partial charge >= 0.3 is 5.97 Å². The summed E-state index contributed by atoms with van der Waals surface area (Å²) < 4.78 is 26.4. The number of rotatable bonds is 9. The van der Waals surface area contributed by atoms with Crippen LogP contribution >= 0.6 is 0 Å². The summed E-state index contributed by atoms with van der Waals surface area (Å²) >= 11 is 0. The van der Waals surface area contributed by atoms with Gasteiger partial charge in [0.15, 0.2) is 17.3 Å². The molecule has 12 N–H and O–H groups in total. The van der Waals surface area contributed by atoms with E-state index in [-0.39, 0.29) is 28.2 Å². The van der Waals surface area contributed by atoms with E-state index in [1.165, 1.54) is 6.07 Å². The Morgan fingerprint density at radius 3 is 2.12 bits per heavy atom. The summed E-state index contributed by atoms with van der Waals surface area (Å²) in [6.07, 6.45) is -19.1. The van der Waals surface area contributed by atoms with Gasteiger partial charge in [0.25, 0.3) is 11.9 Å². The number of esters is 1. The van der Waals surface area contributed by atoms with Crippen LogP contribution in [0, 0.1) is 0 Å². The third kappa shape index (κ3) is 7.02. The van der Waals surface area contributed by atoms with Crippen molar-refractivity contribution < 1.29 is 94.6 Å². The number of hydrogen-bond donors (Lipinski definition) is 11. The first kappa shape index (κ1) is 35.9. The second-order valence-corrected chi connectivity index (χ2v) is 11.5. The summed E-state index contributed by atoms with van der Waals surface area (Å²) in [7, 11) is 0.